The fourth-order valence-corrected chi connectivity index (χ4v) is 5.72. The summed E-state index contributed by atoms with van der Waals surface area (Å²) in [5.41, 5.74) is 3.92. The highest BCUT2D eigenvalue weighted by Gasteiger charge is 2.38. The predicted molar refractivity (Wildman–Crippen MR) is 130 cm³/mol. The van der Waals surface area contributed by atoms with Crippen molar-refractivity contribution >= 4 is 27.6 Å². The van der Waals surface area contributed by atoms with E-state index in [1.165, 1.54) is 46.6 Å². The average Bonchev–Trinajstić information content (AvgIpc) is 3.34. The highest BCUT2D eigenvalue weighted by molar-refractivity contribution is 7.92. The molecular weight excluding hydrogens is 456 g/mol. The molecule has 0 spiro atoms. The summed E-state index contributed by atoms with van der Waals surface area (Å²) in [6.45, 7) is 7.33. The lowest BCUT2D eigenvalue weighted by Gasteiger charge is -2.39. The SMILES string of the molecule is Cc1ccc(CN2CCN(C(=O)n3ccc(NS(C)(=O)=O)n3)CC2)c(N2C3CCC2COC3)c1. The first-order valence-electron chi connectivity index (χ1n) is 11.8. The lowest BCUT2D eigenvalue weighted by Crippen LogP contribution is -2.50. The van der Waals surface area contributed by atoms with E-state index in [-0.39, 0.29) is 11.8 Å². The highest BCUT2D eigenvalue weighted by Crippen LogP contribution is 2.37. The molecule has 2 atom stereocenters. The van der Waals surface area contributed by atoms with Crippen LogP contribution in [0.3, 0.4) is 0 Å². The number of morpholine rings is 1. The molecular formula is C23H32N6O4S. The van der Waals surface area contributed by atoms with Crippen LogP contribution >= 0.6 is 0 Å². The minimum absolute atomic E-state index is 0.137. The third-order valence-electron chi connectivity index (χ3n) is 6.87. The van der Waals surface area contributed by atoms with Crippen molar-refractivity contribution in [1.29, 1.82) is 0 Å². The Hall–Kier alpha value is -2.63. The second-order valence-corrected chi connectivity index (χ2v) is 11.3. The number of anilines is 2. The lowest BCUT2D eigenvalue weighted by molar-refractivity contribution is 0.0903. The standard InChI is InChI=1S/C23H32N6O4S/c1-17-3-4-18(21(13-17)29-19-5-6-20(29)16-33-15-19)14-26-9-11-27(12-10-26)23(30)28-8-7-22(24-28)25-34(2,31)32/h3-4,7-8,13,19-20H,5-6,9-12,14-16H2,1-2H3,(H,24,25). The van der Waals surface area contributed by atoms with Gasteiger partial charge in [0.05, 0.1) is 31.6 Å². The van der Waals surface area contributed by atoms with E-state index in [0.29, 0.717) is 25.2 Å². The molecule has 5 rings (SSSR count). The van der Waals surface area contributed by atoms with Gasteiger partial charge >= 0.3 is 6.03 Å². The fraction of sp³-hybridized carbons (Fsp3) is 0.565. The Morgan fingerprint density at radius 3 is 2.50 bits per heavy atom. The number of rotatable bonds is 5. The Morgan fingerprint density at radius 2 is 1.82 bits per heavy atom. The number of hydrogen-bond acceptors (Lipinski definition) is 7. The molecule has 2 aromatic rings. The van der Waals surface area contributed by atoms with Crippen molar-refractivity contribution in [2.45, 2.75) is 38.4 Å². The summed E-state index contributed by atoms with van der Waals surface area (Å²) in [6, 6.07) is 8.90. The first-order valence-corrected chi connectivity index (χ1v) is 13.7. The van der Waals surface area contributed by atoms with Gasteiger partial charge in [-0.2, -0.15) is 4.68 Å². The third kappa shape index (κ3) is 4.91. The van der Waals surface area contributed by atoms with Crippen LogP contribution < -0.4 is 9.62 Å². The third-order valence-corrected chi connectivity index (χ3v) is 7.45. The monoisotopic (exact) mass is 488 g/mol. The molecule has 3 saturated heterocycles. The number of nitrogens with one attached hydrogen (secondary N) is 1. The number of nitrogens with zero attached hydrogens (tertiary/aromatic N) is 5. The Labute approximate surface area is 200 Å². The molecule has 1 aromatic carbocycles. The van der Waals surface area contributed by atoms with E-state index in [2.05, 4.69) is 44.7 Å². The van der Waals surface area contributed by atoms with Gasteiger partial charge < -0.3 is 14.5 Å². The quantitative estimate of drug-likeness (QED) is 0.684. The number of aromatic nitrogens is 2. The molecule has 34 heavy (non-hydrogen) atoms. The molecule has 184 valence electrons. The highest BCUT2D eigenvalue weighted by atomic mass is 32.2. The van der Waals surface area contributed by atoms with Crippen molar-refractivity contribution in [3.05, 3.63) is 41.6 Å². The van der Waals surface area contributed by atoms with Gasteiger partial charge in [0.1, 0.15) is 0 Å². The van der Waals surface area contributed by atoms with Gasteiger partial charge in [-0.3, -0.25) is 9.62 Å². The van der Waals surface area contributed by atoms with E-state index in [9.17, 15) is 13.2 Å². The largest absolute Gasteiger partial charge is 0.377 e. The van der Waals surface area contributed by atoms with E-state index in [1.54, 1.807) is 4.90 Å². The first-order chi connectivity index (χ1) is 16.3. The summed E-state index contributed by atoms with van der Waals surface area (Å²) in [6.07, 6.45) is 4.91. The van der Waals surface area contributed by atoms with Gasteiger partial charge in [0.15, 0.2) is 5.82 Å². The molecule has 0 aliphatic carbocycles. The maximum atomic E-state index is 12.8. The van der Waals surface area contributed by atoms with Gasteiger partial charge in [0.25, 0.3) is 0 Å². The van der Waals surface area contributed by atoms with Crippen molar-refractivity contribution < 1.29 is 17.9 Å². The van der Waals surface area contributed by atoms with E-state index < -0.39 is 10.0 Å². The molecule has 4 heterocycles. The number of amides is 1. The second kappa shape index (κ2) is 9.20. The molecule has 10 nitrogen and oxygen atoms in total. The zero-order chi connectivity index (χ0) is 23.9. The molecule has 1 N–H and O–H groups in total. The van der Waals surface area contributed by atoms with Crippen LogP contribution in [0.1, 0.15) is 24.0 Å². The Morgan fingerprint density at radius 1 is 1.12 bits per heavy atom. The van der Waals surface area contributed by atoms with Crippen LogP contribution in [-0.4, -0.2) is 91.8 Å². The summed E-state index contributed by atoms with van der Waals surface area (Å²) in [4.78, 5) is 19.6. The molecule has 3 fully saturated rings. The minimum atomic E-state index is -3.44. The fourth-order valence-electron chi connectivity index (χ4n) is 5.23. The van der Waals surface area contributed by atoms with Gasteiger partial charge in [0, 0.05) is 50.7 Å². The molecule has 3 aliphatic rings. The van der Waals surface area contributed by atoms with E-state index >= 15 is 0 Å². The molecule has 1 aromatic heterocycles. The van der Waals surface area contributed by atoms with Crippen LogP contribution in [0.25, 0.3) is 0 Å². The van der Waals surface area contributed by atoms with Gasteiger partial charge in [-0.05, 0) is 37.0 Å². The van der Waals surface area contributed by atoms with Crippen LogP contribution in [0.4, 0.5) is 16.3 Å². The molecule has 0 radical (unpaired) electrons. The summed E-state index contributed by atoms with van der Waals surface area (Å²) in [7, 11) is -3.44. The smallest absolute Gasteiger partial charge is 0.344 e. The van der Waals surface area contributed by atoms with Gasteiger partial charge in [0.2, 0.25) is 10.0 Å². The summed E-state index contributed by atoms with van der Waals surface area (Å²) in [5, 5.41) is 4.06. The van der Waals surface area contributed by atoms with Crippen LogP contribution in [0.15, 0.2) is 30.5 Å². The summed E-state index contributed by atoms with van der Waals surface area (Å²) < 4.78 is 32.0. The van der Waals surface area contributed by atoms with Crippen molar-refractivity contribution in [1.82, 2.24) is 19.6 Å². The molecule has 3 aliphatic heterocycles. The first kappa shape index (κ1) is 23.1. The number of benzene rings is 1. The molecule has 2 bridgehead atoms. The van der Waals surface area contributed by atoms with E-state index in [1.807, 2.05) is 0 Å². The zero-order valence-corrected chi connectivity index (χ0v) is 20.5. The van der Waals surface area contributed by atoms with Crippen molar-refractivity contribution in [3.63, 3.8) is 0 Å². The number of sulfonamides is 1. The van der Waals surface area contributed by atoms with Crippen molar-refractivity contribution in [2.24, 2.45) is 0 Å². The topological polar surface area (TPSA) is 100 Å². The molecule has 0 saturated carbocycles. The predicted octanol–water partition coefficient (Wildman–Crippen LogP) is 1.72. The number of piperazine rings is 1. The second-order valence-electron chi connectivity index (χ2n) is 9.53. The van der Waals surface area contributed by atoms with Crippen LogP contribution in [0, 0.1) is 6.92 Å². The summed E-state index contributed by atoms with van der Waals surface area (Å²) >= 11 is 0. The maximum absolute atomic E-state index is 12.8. The summed E-state index contributed by atoms with van der Waals surface area (Å²) in [5.74, 6) is 0.137. The Bertz CT molecular complexity index is 1140. The maximum Gasteiger partial charge on any atom is 0.344 e. The Kier molecular flexibility index (Phi) is 6.26. The van der Waals surface area contributed by atoms with Gasteiger partial charge in [-0.25, -0.2) is 13.2 Å². The van der Waals surface area contributed by atoms with Gasteiger partial charge in [-0.1, -0.05) is 12.1 Å². The van der Waals surface area contributed by atoms with Crippen molar-refractivity contribution in [3.8, 4) is 0 Å². The van der Waals surface area contributed by atoms with Crippen molar-refractivity contribution in [2.75, 3.05) is 55.3 Å². The molecule has 1 amide bonds. The average molecular weight is 489 g/mol. The number of hydrogen-bond donors (Lipinski definition) is 1. The normalized spacial score (nSPS) is 23.4. The molecule has 2 unspecified atom stereocenters. The number of carbonyl (C=O) groups is 1. The number of carbonyl (C=O) groups excluding carboxylic acids is 1. The van der Waals surface area contributed by atoms with Crippen LogP contribution in [0.5, 0.6) is 0 Å². The van der Waals surface area contributed by atoms with E-state index in [0.717, 1.165) is 39.1 Å². The Balaban J connectivity index is 1.22. The van der Waals surface area contributed by atoms with Crippen LogP contribution in [-0.2, 0) is 21.3 Å². The lowest BCUT2D eigenvalue weighted by atomic mass is 10.1. The van der Waals surface area contributed by atoms with E-state index in [4.69, 9.17) is 4.74 Å². The number of fused-ring (bicyclic) bond motifs is 2. The molecule has 11 heteroatoms. The van der Waals surface area contributed by atoms with Crippen LogP contribution in [0.2, 0.25) is 0 Å². The minimum Gasteiger partial charge on any atom is -0.377 e. The zero-order valence-electron chi connectivity index (χ0n) is 19.7. The number of ether oxygens (including phenoxy) is 1. The van der Waals surface area contributed by atoms with Gasteiger partial charge in [-0.15, -0.1) is 5.10 Å². The number of aryl methyl sites for hydroxylation is 1.